The van der Waals surface area contributed by atoms with E-state index in [9.17, 15) is 9.59 Å². The van der Waals surface area contributed by atoms with Crippen LogP contribution < -0.4 is 10.6 Å². The molecule has 0 bridgehead atoms. The van der Waals surface area contributed by atoms with Crippen LogP contribution in [0.5, 0.6) is 0 Å². The molecule has 108 valence electrons. The summed E-state index contributed by atoms with van der Waals surface area (Å²) in [5, 5.41) is 14.8. The van der Waals surface area contributed by atoms with Crippen LogP contribution in [0.2, 0.25) is 0 Å². The van der Waals surface area contributed by atoms with Gasteiger partial charge in [0.2, 0.25) is 0 Å². The SMILES string of the molecule is CCC1CC1NC(=O)NCC1CCC(C(=O)O)CC1. The minimum Gasteiger partial charge on any atom is -0.481 e. The van der Waals surface area contributed by atoms with E-state index in [0.29, 0.717) is 24.4 Å². The third-order valence-electron chi connectivity index (χ3n) is 4.51. The zero-order valence-electron chi connectivity index (χ0n) is 11.5. The van der Waals surface area contributed by atoms with E-state index in [1.807, 2.05) is 0 Å². The highest BCUT2D eigenvalue weighted by atomic mass is 16.4. The second-order valence-electron chi connectivity index (χ2n) is 5.92. The van der Waals surface area contributed by atoms with Crippen LogP contribution >= 0.6 is 0 Å². The molecule has 0 saturated heterocycles. The standard InChI is InChI=1S/C14H24N2O3/c1-2-10-7-12(10)16-14(19)15-8-9-3-5-11(6-4-9)13(17)18/h9-12H,2-8H2,1H3,(H,17,18)(H2,15,16,19). The van der Waals surface area contributed by atoms with Crippen molar-refractivity contribution >= 4 is 12.0 Å². The second-order valence-corrected chi connectivity index (χ2v) is 5.92. The fourth-order valence-corrected chi connectivity index (χ4v) is 2.95. The second kappa shape index (κ2) is 6.26. The summed E-state index contributed by atoms with van der Waals surface area (Å²) in [6.45, 7) is 2.81. The van der Waals surface area contributed by atoms with Crippen molar-refractivity contribution in [2.75, 3.05) is 6.54 Å². The molecular weight excluding hydrogens is 244 g/mol. The average Bonchev–Trinajstić information content (AvgIpc) is 3.15. The van der Waals surface area contributed by atoms with Crippen molar-refractivity contribution in [2.24, 2.45) is 17.8 Å². The molecule has 19 heavy (non-hydrogen) atoms. The Morgan fingerprint density at radius 3 is 2.42 bits per heavy atom. The molecule has 3 N–H and O–H groups in total. The molecule has 2 fully saturated rings. The molecule has 2 saturated carbocycles. The highest BCUT2D eigenvalue weighted by Gasteiger charge is 2.36. The van der Waals surface area contributed by atoms with E-state index >= 15 is 0 Å². The molecular formula is C14H24N2O3. The molecule has 0 aromatic rings. The molecule has 0 spiro atoms. The molecule has 0 aliphatic heterocycles. The lowest BCUT2D eigenvalue weighted by molar-refractivity contribution is -0.143. The molecule has 0 radical (unpaired) electrons. The number of aliphatic carboxylic acids is 1. The van der Waals surface area contributed by atoms with Crippen LogP contribution in [0.1, 0.15) is 45.4 Å². The number of carboxylic acid groups (broad SMARTS) is 1. The number of amides is 2. The van der Waals surface area contributed by atoms with Crippen LogP contribution in [0, 0.1) is 17.8 Å². The number of carbonyl (C=O) groups is 2. The lowest BCUT2D eigenvalue weighted by Gasteiger charge is -2.26. The highest BCUT2D eigenvalue weighted by molar-refractivity contribution is 5.74. The summed E-state index contributed by atoms with van der Waals surface area (Å²) < 4.78 is 0. The van der Waals surface area contributed by atoms with Crippen molar-refractivity contribution in [1.29, 1.82) is 0 Å². The molecule has 0 aromatic carbocycles. The summed E-state index contributed by atoms with van der Waals surface area (Å²) in [7, 11) is 0. The van der Waals surface area contributed by atoms with Crippen molar-refractivity contribution in [3.63, 3.8) is 0 Å². The van der Waals surface area contributed by atoms with E-state index in [-0.39, 0.29) is 11.9 Å². The smallest absolute Gasteiger partial charge is 0.315 e. The van der Waals surface area contributed by atoms with E-state index in [1.54, 1.807) is 0 Å². The minimum atomic E-state index is -0.677. The molecule has 2 amide bonds. The predicted molar refractivity (Wildman–Crippen MR) is 71.8 cm³/mol. The van der Waals surface area contributed by atoms with Gasteiger partial charge in [0.25, 0.3) is 0 Å². The monoisotopic (exact) mass is 268 g/mol. The summed E-state index contributed by atoms with van der Waals surface area (Å²) in [5.74, 6) is 0.240. The van der Waals surface area contributed by atoms with Gasteiger partial charge in [-0.15, -0.1) is 0 Å². The number of carbonyl (C=O) groups excluding carboxylic acids is 1. The summed E-state index contributed by atoms with van der Waals surface area (Å²) in [6, 6.07) is 0.300. The van der Waals surface area contributed by atoms with Gasteiger partial charge in [-0.25, -0.2) is 4.79 Å². The normalized spacial score (nSPS) is 33.5. The molecule has 0 heterocycles. The Bertz CT molecular complexity index is 338. The zero-order chi connectivity index (χ0) is 13.8. The molecule has 5 heteroatoms. The summed E-state index contributed by atoms with van der Waals surface area (Å²) in [4.78, 5) is 22.5. The first-order chi connectivity index (χ1) is 9.10. The van der Waals surface area contributed by atoms with Crippen molar-refractivity contribution in [3.05, 3.63) is 0 Å². The van der Waals surface area contributed by atoms with Gasteiger partial charge >= 0.3 is 12.0 Å². The maximum atomic E-state index is 11.7. The van der Waals surface area contributed by atoms with Gasteiger partial charge in [-0.3, -0.25) is 4.79 Å². The molecule has 0 aromatic heterocycles. The van der Waals surface area contributed by atoms with Gasteiger partial charge in [-0.2, -0.15) is 0 Å². The zero-order valence-corrected chi connectivity index (χ0v) is 11.5. The topological polar surface area (TPSA) is 78.4 Å². The lowest BCUT2D eigenvalue weighted by Crippen LogP contribution is -2.40. The first-order valence-electron chi connectivity index (χ1n) is 7.37. The number of hydrogen-bond donors (Lipinski definition) is 3. The fraction of sp³-hybridized carbons (Fsp3) is 0.857. The third-order valence-corrected chi connectivity index (χ3v) is 4.51. The maximum absolute atomic E-state index is 11.7. The molecule has 2 unspecified atom stereocenters. The fourth-order valence-electron chi connectivity index (χ4n) is 2.95. The molecule has 5 nitrogen and oxygen atoms in total. The van der Waals surface area contributed by atoms with Crippen LogP contribution in [-0.4, -0.2) is 29.7 Å². The molecule has 2 rings (SSSR count). The Labute approximate surface area is 114 Å². The van der Waals surface area contributed by atoms with E-state index in [4.69, 9.17) is 5.11 Å². The Balaban J connectivity index is 1.59. The van der Waals surface area contributed by atoms with Crippen molar-refractivity contribution in [1.82, 2.24) is 10.6 Å². The van der Waals surface area contributed by atoms with Gasteiger partial charge in [0.1, 0.15) is 0 Å². The van der Waals surface area contributed by atoms with E-state index in [2.05, 4.69) is 17.6 Å². The minimum absolute atomic E-state index is 0.0682. The van der Waals surface area contributed by atoms with Crippen LogP contribution in [0.25, 0.3) is 0 Å². The van der Waals surface area contributed by atoms with E-state index in [0.717, 1.165) is 38.5 Å². The predicted octanol–water partition coefficient (Wildman–Crippen LogP) is 1.98. The maximum Gasteiger partial charge on any atom is 0.315 e. The van der Waals surface area contributed by atoms with Crippen LogP contribution in [0.4, 0.5) is 4.79 Å². The van der Waals surface area contributed by atoms with Gasteiger partial charge in [0.05, 0.1) is 5.92 Å². The number of rotatable bonds is 5. The number of nitrogens with one attached hydrogen (secondary N) is 2. The van der Waals surface area contributed by atoms with Gasteiger partial charge in [-0.05, 0) is 43.9 Å². The summed E-state index contributed by atoms with van der Waals surface area (Å²) in [6.07, 6.45) is 5.52. The Kier molecular flexibility index (Phi) is 4.66. The quantitative estimate of drug-likeness (QED) is 0.713. The van der Waals surface area contributed by atoms with Crippen LogP contribution in [0.15, 0.2) is 0 Å². The van der Waals surface area contributed by atoms with Crippen molar-refractivity contribution in [3.8, 4) is 0 Å². The van der Waals surface area contributed by atoms with Crippen molar-refractivity contribution in [2.45, 2.75) is 51.5 Å². The van der Waals surface area contributed by atoms with Crippen LogP contribution in [-0.2, 0) is 4.79 Å². The molecule has 2 atom stereocenters. The first-order valence-corrected chi connectivity index (χ1v) is 7.37. The largest absolute Gasteiger partial charge is 0.481 e. The highest BCUT2D eigenvalue weighted by Crippen LogP contribution is 2.33. The first kappa shape index (κ1) is 14.2. The summed E-state index contributed by atoms with van der Waals surface area (Å²) in [5.41, 5.74) is 0. The van der Waals surface area contributed by atoms with Crippen LogP contribution in [0.3, 0.4) is 0 Å². The Morgan fingerprint density at radius 1 is 1.21 bits per heavy atom. The van der Waals surface area contributed by atoms with Gasteiger partial charge in [0.15, 0.2) is 0 Å². The van der Waals surface area contributed by atoms with Gasteiger partial charge in [0, 0.05) is 12.6 Å². The van der Waals surface area contributed by atoms with Gasteiger partial charge < -0.3 is 15.7 Å². The number of urea groups is 1. The Morgan fingerprint density at radius 2 is 1.89 bits per heavy atom. The summed E-state index contributed by atoms with van der Waals surface area (Å²) >= 11 is 0. The van der Waals surface area contributed by atoms with Crippen molar-refractivity contribution < 1.29 is 14.7 Å². The Hall–Kier alpha value is -1.26. The number of hydrogen-bond acceptors (Lipinski definition) is 2. The van der Waals surface area contributed by atoms with E-state index in [1.165, 1.54) is 0 Å². The average molecular weight is 268 g/mol. The van der Waals surface area contributed by atoms with Gasteiger partial charge in [-0.1, -0.05) is 13.3 Å². The van der Waals surface area contributed by atoms with E-state index < -0.39 is 5.97 Å². The number of carboxylic acids is 1. The molecule has 2 aliphatic rings. The lowest BCUT2D eigenvalue weighted by atomic mass is 9.82. The third kappa shape index (κ3) is 4.11. The molecule has 2 aliphatic carbocycles.